The molecule has 1 atom stereocenters. The van der Waals surface area contributed by atoms with Gasteiger partial charge in [0.1, 0.15) is 6.33 Å². The van der Waals surface area contributed by atoms with E-state index in [4.69, 9.17) is 0 Å². The summed E-state index contributed by atoms with van der Waals surface area (Å²) in [6.07, 6.45) is 6.01. The summed E-state index contributed by atoms with van der Waals surface area (Å²) in [6.45, 7) is 3.18. The van der Waals surface area contributed by atoms with Crippen LogP contribution in [0.5, 0.6) is 0 Å². The second kappa shape index (κ2) is 5.19. The zero-order chi connectivity index (χ0) is 10.5. The lowest BCUT2D eigenvalue weighted by Crippen LogP contribution is -2.35. The van der Waals surface area contributed by atoms with Crippen LogP contribution in [-0.4, -0.2) is 41.0 Å². The van der Waals surface area contributed by atoms with Gasteiger partial charge in [-0.25, -0.2) is 9.97 Å². The number of likely N-dealkylation sites (N-methyl/N-ethyl adjacent to an activating group) is 1. The molecule has 0 radical (unpaired) electrons. The van der Waals surface area contributed by atoms with Crippen LogP contribution in [0.4, 0.5) is 0 Å². The number of rotatable bonds is 4. The van der Waals surface area contributed by atoms with Crippen molar-refractivity contribution in [2.24, 2.45) is 0 Å². The van der Waals surface area contributed by atoms with E-state index < -0.39 is 0 Å². The highest BCUT2D eigenvalue weighted by Crippen LogP contribution is 2.07. The van der Waals surface area contributed by atoms with E-state index in [2.05, 4.69) is 27.2 Å². The van der Waals surface area contributed by atoms with Gasteiger partial charge in [-0.3, -0.25) is 4.90 Å². The fourth-order valence-corrected chi connectivity index (χ4v) is 2.04. The fourth-order valence-electron chi connectivity index (χ4n) is 2.04. The van der Waals surface area contributed by atoms with Crippen LogP contribution in [0, 0.1) is 0 Å². The van der Waals surface area contributed by atoms with Gasteiger partial charge in [-0.1, -0.05) is 0 Å². The molecule has 1 aliphatic heterocycles. The van der Waals surface area contributed by atoms with E-state index in [9.17, 15) is 0 Å². The predicted octanol–water partition coefficient (Wildman–Crippen LogP) is 0.660. The molecule has 1 aliphatic rings. The third-order valence-electron chi connectivity index (χ3n) is 2.77. The first-order valence-corrected chi connectivity index (χ1v) is 5.51. The monoisotopic (exact) mass is 206 g/mol. The molecule has 0 saturated carbocycles. The van der Waals surface area contributed by atoms with Crippen molar-refractivity contribution >= 4 is 0 Å². The van der Waals surface area contributed by atoms with Gasteiger partial charge in [-0.05, 0) is 32.5 Å². The Morgan fingerprint density at radius 3 is 3.20 bits per heavy atom. The van der Waals surface area contributed by atoms with Crippen molar-refractivity contribution in [3.8, 4) is 0 Å². The molecule has 1 aromatic heterocycles. The SMILES string of the molecule is CN(Cc1ccncn1)CC1CCCN1. The smallest absolute Gasteiger partial charge is 0.115 e. The van der Waals surface area contributed by atoms with Crippen molar-refractivity contribution in [1.82, 2.24) is 20.2 Å². The Kier molecular flexibility index (Phi) is 3.64. The minimum absolute atomic E-state index is 0.664. The van der Waals surface area contributed by atoms with E-state index in [1.807, 2.05) is 6.07 Å². The van der Waals surface area contributed by atoms with Crippen LogP contribution < -0.4 is 5.32 Å². The first-order valence-electron chi connectivity index (χ1n) is 5.51. The molecule has 0 amide bonds. The number of hydrogen-bond acceptors (Lipinski definition) is 4. The van der Waals surface area contributed by atoms with Crippen molar-refractivity contribution in [2.75, 3.05) is 20.1 Å². The molecule has 1 aromatic rings. The largest absolute Gasteiger partial charge is 0.313 e. The molecular weight excluding hydrogens is 188 g/mol. The predicted molar refractivity (Wildman–Crippen MR) is 59.4 cm³/mol. The molecule has 0 aliphatic carbocycles. The highest BCUT2D eigenvalue weighted by atomic mass is 15.1. The second-order valence-corrected chi connectivity index (χ2v) is 4.19. The van der Waals surface area contributed by atoms with Gasteiger partial charge in [0, 0.05) is 25.3 Å². The first-order chi connectivity index (χ1) is 7.34. The van der Waals surface area contributed by atoms with E-state index >= 15 is 0 Å². The summed E-state index contributed by atoms with van der Waals surface area (Å²) >= 11 is 0. The van der Waals surface area contributed by atoms with Crippen molar-refractivity contribution in [3.05, 3.63) is 24.3 Å². The van der Waals surface area contributed by atoms with Gasteiger partial charge in [0.2, 0.25) is 0 Å². The molecule has 82 valence electrons. The molecule has 1 unspecified atom stereocenters. The Hall–Kier alpha value is -1.00. The zero-order valence-electron chi connectivity index (χ0n) is 9.19. The van der Waals surface area contributed by atoms with Gasteiger partial charge in [0.15, 0.2) is 0 Å². The first kappa shape index (κ1) is 10.5. The van der Waals surface area contributed by atoms with Crippen molar-refractivity contribution in [2.45, 2.75) is 25.4 Å². The molecule has 0 bridgehead atoms. The van der Waals surface area contributed by atoms with Crippen LogP contribution >= 0.6 is 0 Å². The quantitative estimate of drug-likeness (QED) is 0.786. The Morgan fingerprint density at radius 2 is 2.53 bits per heavy atom. The Labute approximate surface area is 90.7 Å². The molecule has 1 fully saturated rings. The molecular formula is C11H18N4. The van der Waals surface area contributed by atoms with Gasteiger partial charge in [0.25, 0.3) is 0 Å². The summed E-state index contributed by atoms with van der Waals surface area (Å²) in [6, 6.07) is 2.63. The maximum Gasteiger partial charge on any atom is 0.115 e. The molecule has 2 rings (SSSR count). The van der Waals surface area contributed by atoms with Gasteiger partial charge >= 0.3 is 0 Å². The Balaban J connectivity index is 1.79. The standard InChI is InChI=1S/C11H18N4/c1-15(7-10-3-2-5-13-10)8-11-4-6-12-9-14-11/h4,6,9-10,13H,2-3,5,7-8H2,1H3. The second-order valence-electron chi connectivity index (χ2n) is 4.19. The average molecular weight is 206 g/mol. The number of aromatic nitrogens is 2. The third kappa shape index (κ3) is 3.25. The van der Waals surface area contributed by atoms with Gasteiger partial charge in [-0.2, -0.15) is 0 Å². The van der Waals surface area contributed by atoms with Gasteiger partial charge < -0.3 is 5.32 Å². The zero-order valence-corrected chi connectivity index (χ0v) is 9.19. The van der Waals surface area contributed by atoms with Crippen LogP contribution in [0.25, 0.3) is 0 Å². The lowest BCUT2D eigenvalue weighted by Gasteiger charge is -2.20. The fraction of sp³-hybridized carbons (Fsp3) is 0.636. The minimum atomic E-state index is 0.664. The topological polar surface area (TPSA) is 41.1 Å². The Bertz CT molecular complexity index is 282. The van der Waals surface area contributed by atoms with Crippen LogP contribution in [0.2, 0.25) is 0 Å². The number of hydrogen-bond donors (Lipinski definition) is 1. The summed E-state index contributed by atoms with van der Waals surface area (Å²) in [5, 5.41) is 3.50. The minimum Gasteiger partial charge on any atom is -0.313 e. The molecule has 0 aromatic carbocycles. The highest BCUT2D eigenvalue weighted by molar-refractivity contribution is 4.97. The van der Waals surface area contributed by atoms with Crippen LogP contribution in [0.3, 0.4) is 0 Å². The molecule has 4 heteroatoms. The van der Waals surface area contributed by atoms with Crippen LogP contribution in [0.15, 0.2) is 18.6 Å². The average Bonchev–Trinajstić information content (AvgIpc) is 2.71. The van der Waals surface area contributed by atoms with Gasteiger partial charge in [-0.15, -0.1) is 0 Å². The van der Waals surface area contributed by atoms with E-state index in [1.165, 1.54) is 19.4 Å². The Morgan fingerprint density at radius 1 is 1.60 bits per heavy atom. The number of nitrogens with one attached hydrogen (secondary N) is 1. The molecule has 0 spiro atoms. The van der Waals surface area contributed by atoms with E-state index in [0.717, 1.165) is 18.8 Å². The maximum absolute atomic E-state index is 4.22. The van der Waals surface area contributed by atoms with Crippen LogP contribution in [-0.2, 0) is 6.54 Å². The number of nitrogens with zero attached hydrogens (tertiary/aromatic N) is 3. The molecule has 1 saturated heterocycles. The molecule has 1 N–H and O–H groups in total. The summed E-state index contributed by atoms with van der Waals surface area (Å²) < 4.78 is 0. The summed E-state index contributed by atoms with van der Waals surface area (Å²) in [7, 11) is 2.14. The summed E-state index contributed by atoms with van der Waals surface area (Å²) in [5.41, 5.74) is 1.09. The normalized spacial score (nSPS) is 21.1. The molecule has 4 nitrogen and oxygen atoms in total. The summed E-state index contributed by atoms with van der Waals surface area (Å²) in [4.78, 5) is 10.4. The van der Waals surface area contributed by atoms with Crippen molar-refractivity contribution in [1.29, 1.82) is 0 Å². The van der Waals surface area contributed by atoms with Crippen molar-refractivity contribution in [3.63, 3.8) is 0 Å². The van der Waals surface area contributed by atoms with E-state index in [-0.39, 0.29) is 0 Å². The lowest BCUT2D eigenvalue weighted by atomic mass is 10.2. The summed E-state index contributed by atoms with van der Waals surface area (Å²) in [5.74, 6) is 0. The van der Waals surface area contributed by atoms with E-state index in [1.54, 1.807) is 12.5 Å². The highest BCUT2D eigenvalue weighted by Gasteiger charge is 2.15. The van der Waals surface area contributed by atoms with E-state index in [0.29, 0.717) is 6.04 Å². The van der Waals surface area contributed by atoms with Crippen molar-refractivity contribution < 1.29 is 0 Å². The molecule has 2 heterocycles. The third-order valence-corrected chi connectivity index (χ3v) is 2.77. The van der Waals surface area contributed by atoms with Crippen LogP contribution in [0.1, 0.15) is 18.5 Å². The maximum atomic E-state index is 4.22. The molecule has 15 heavy (non-hydrogen) atoms. The van der Waals surface area contributed by atoms with Gasteiger partial charge in [0.05, 0.1) is 5.69 Å². The lowest BCUT2D eigenvalue weighted by molar-refractivity contribution is 0.290.